The van der Waals surface area contributed by atoms with Gasteiger partial charge in [0.05, 0.1) is 20.1 Å². The Bertz CT molecular complexity index is 331. The molecule has 0 spiro atoms. The van der Waals surface area contributed by atoms with E-state index in [2.05, 4.69) is 20.8 Å². The van der Waals surface area contributed by atoms with Crippen molar-refractivity contribution in [1.82, 2.24) is 4.90 Å². The van der Waals surface area contributed by atoms with Gasteiger partial charge >= 0.3 is 5.91 Å². The van der Waals surface area contributed by atoms with Crippen molar-refractivity contribution in [2.75, 3.05) is 33.7 Å². The number of hydrogen-bond acceptors (Lipinski definition) is 2. The molecule has 130 valence electrons. The highest BCUT2D eigenvalue weighted by atomic mass is 16.2. The molecular weight excluding hydrogens is 276 g/mol. The van der Waals surface area contributed by atoms with Crippen LogP contribution in [0.1, 0.15) is 72.1 Å². The third kappa shape index (κ3) is 7.92. The molecule has 0 bridgehead atoms. The van der Waals surface area contributed by atoms with Crippen LogP contribution in [0.4, 0.5) is 0 Å². The smallest absolute Gasteiger partial charge is 0.322 e. The van der Waals surface area contributed by atoms with Crippen molar-refractivity contribution in [3.8, 4) is 0 Å². The van der Waals surface area contributed by atoms with E-state index in [-0.39, 0.29) is 18.2 Å². The van der Waals surface area contributed by atoms with Gasteiger partial charge in [-0.15, -0.1) is 0 Å². The quantitative estimate of drug-likeness (QED) is 0.314. The molecule has 0 saturated heterocycles. The summed E-state index contributed by atoms with van der Waals surface area (Å²) in [5.74, 6) is 0.0488. The Morgan fingerprint density at radius 3 is 1.95 bits per heavy atom. The van der Waals surface area contributed by atoms with E-state index in [0.29, 0.717) is 4.48 Å². The Labute approximate surface area is 137 Å². The van der Waals surface area contributed by atoms with Gasteiger partial charge in [0.1, 0.15) is 6.42 Å². The number of nitrogens with zero attached hydrogens (tertiary/aromatic N) is 2. The molecule has 2 amide bonds. The first kappa shape index (κ1) is 21.1. The van der Waals surface area contributed by atoms with E-state index >= 15 is 0 Å². The molecule has 0 saturated carbocycles. The van der Waals surface area contributed by atoms with Crippen molar-refractivity contribution in [3.63, 3.8) is 0 Å². The summed E-state index contributed by atoms with van der Waals surface area (Å²) in [5.41, 5.74) is 0. The molecule has 0 N–H and O–H groups in total. The average Bonchev–Trinajstić information content (AvgIpc) is 2.50. The summed E-state index contributed by atoms with van der Waals surface area (Å²) in [4.78, 5) is 26.6. The zero-order chi connectivity index (χ0) is 17.0. The van der Waals surface area contributed by atoms with Gasteiger partial charge in [-0.05, 0) is 25.7 Å². The number of rotatable bonds is 12. The highest BCUT2D eigenvalue weighted by Gasteiger charge is 2.32. The molecule has 22 heavy (non-hydrogen) atoms. The molecule has 1 atom stereocenters. The Morgan fingerprint density at radius 1 is 0.864 bits per heavy atom. The predicted molar refractivity (Wildman–Crippen MR) is 92.5 cm³/mol. The first-order chi connectivity index (χ1) is 10.4. The van der Waals surface area contributed by atoms with Gasteiger partial charge in [-0.1, -0.05) is 40.0 Å². The standard InChI is InChI=1S/C18H37N2O2/c1-6-9-12-15-20(5,14-11-8-3)18(22)16-17(21)19(4)13-10-7-2/h6-16H2,1-5H3/q+1. The van der Waals surface area contributed by atoms with E-state index in [9.17, 15) is 9.59 Å². The van der Waals surface area contributed by atoms with Crippen LogP contribution < -0.4 is 0 Å². The highest BCUT2D eigenvalue weighted by molar-refractivity contribution is 5.93. The lowest BCUT2D eigenvalue weighted by Gasteiger charge is -2.32. The third-order valence-corrected chi connectivity index (χ3v) is 4.44. The largest absolute Gasteiger partial charge is 0.345 e. The predicted octanol–water partition coefficient (Wildman–Crippen LogP) is 3.60. The summed E-state index contributed by atoms with van der Waals surface area (Å²) in [6.45, 7) is 8.88. The lowest BCUT2D eigenvalue weighted by molar-refractivity contribution is -0.835. The fraction of sp³-hybridized carbons (Fsp3) is 0.889. The molecule has 0 aromatic carbocycles. The Morgan fingerprint density at radius 2 is 1.41 bits per heavy atom. The minimum Gasteiger partial charge on any atom is -0.345 e. The second kappa shape index (κ2) is 11.6. The van der Waals surface area contributed by atoms with Gasteiger partial charge in [-0.2, -0.15) is 0 Å². The Hall–Kier alpha value is -0.900. The summed E-state index contributed by atoms with van der Waals surface area (Å²) in [7, 11) is 3.81. The molecule has 0 aromatic rings. The molecule has 1 unspecified atom stereocenters. The van der Waals surface area contributed by atoms with Crippen LogP contribution in [0, 0.1) is 0 Å². The molecule has 0 fully saturated rings. The van der Waals surface area contributed by atoms with Gasteiger partial charge in [0, 0.05) is 13.6 Å². The van der Waals surface area contributed by atoms with Gasteiger partial charge in [0.2, 0.25) is 5.91 Å². The second-order valence-electron chi connectivity index (χ2n) is 6.64. The number of quaternary nitrogens is 1. The second-order valence-corrected chi connectivity index (χ2v) is 6.64. The van der Waals surface area contributed by atoms with Gasteiger partial charge < -0.3 is 4.90 Å². The lowest BCUT2D eigenvalue weighted by atomic mass is 10.1. The summed E-state index contributed by atoms with van der Waals surface area (Å²) in [5, 5.41) is 0. The molecule has 0 aliphatic carbocycles. The first-order valence-electron chi connectivity index (χ1n) is 9.03. The molecule has 0 aliphatic heterocycles. The Balaban J connectivity index is 4.62. The molecule has 0 heterocycles. The summed E-state index contributed by atoms with van der Waals surface area (Å²) < 4.78 is 0.418. The molecular formula is C18H37N2O2+. The van der Waals surface area contributed by atoms with Crippen LogP contribution >= 0.6 is 0 Å². The van der Waals surface area contributed by atoms with Gasteiger partial charge in [0.15, 0.2) is 0 Å². The van der Waals surface area contributed by atoms with E-state index in [1.54, 1.807) is 11.9 Å². The summed E-state index contributed by atoms with van der Waals surface area (Å²) >= 11 is 0. The first-order valence-corrected chi connectivity index (χ1v) is 9.03. The monoisotopic (exact) mass is 313 g/mol. The summed E-state index contributed by atoms with van der Waals surface area (Å²) in [6, 6.07) is 0. The number of unbranched alkanes of at least 4 members (excludes halogenated alkanes) is 4. The van der Waals surface area contributed by atoms with E-state index < -0.39 is 0 Å². The topological polar surface area (TPSA) is 37.4 Å². The van der Waals surface area contributed by atoms with E-state index in [1.807, 2.05) is 7.05 Å². The van der Waals surface area contributed by atoms with Crippen LogP contribution in [0.5, 0.6) is 0 Å². The van der Waals surface area contributed by atoms with Crippen molar-refractivity contribution < 1.29 is 14.1 Å². The molecule has 4 nitrogen and oxygen atoms in total. The summed E-state index contributed by atoms with van der Waals surface area (Å²) in [6.07, 6.45) is 7.59. The maximum atomic E-state index is 12.7. The molecule has 4 heteroatoms. The number of carbonyl (C=O) groups excluding carboxylic acids is 2. The SMILES string of the molecule is CCCCC[N+](C)(CCCC)C(=O)CC(=O)N(C)CCCC. The van der Waals surface area contributed by atoms with Crippen LogP contribution in [0.3, 0.4) is 0 Å². The van der Waals surface area contributed by atoms with Crippen molar-refractivity contribution in [2.24, 2.45) is 0 Å². The van der Waals surface area contributed by atoms with Crippen LogP contribution in [-0.4, -0.2) is 54.9 Å². The third-order valence-electron chi connectivity index (χ3n) is 4.44. The average molecular weight is 314 g/mol. The zero-order valence-electron chi connectivity index (χ0n) is 15.5. The lowest BCUT2D eigenvalue weighted by Crippen LogP contribution is -2.52. The zero-order valence-corrected chi connectivity index (χ0v) is 15.5. The van der Waals surface area contributed by atoms with Gasteiger partial charge in [-0.25, -0.2) is 4.79 Å². The molecule has 0 aromatic heterocycles. The minimum atomic E-state index is -0.0326. The van der Waals surface area contributed by atoms with E-state index in [4.69, 9.17) is 0 Å². The van der Waals surface area contributed by atoms with Crippen LogP contribution in [-0.2, 0) is 9.59 Å². The van der Waals surface area contributed by atoms with Crippen molar-refractivity contribution in [1.29, 1.82) is 0 Å². The fourth-order valence-corrected chi connectivity index (χ4v) is 2.55. The van der Waals surface area contributed by atoms with Crippen LogP contribution in [0.25, 0.3) is 0 Å². The maximum Gasteiger partial charge on any atom is 0.322 e. The fourth-order valence-electron chi connectivity index (χ4n) is 2.55. The van der Waals surface area contributed by atoms with E-state index in [0.717, 1.165) is 64.6 Å². The number of amides is 2. The van der Waals surface area contributed by atoms with Gasteiger partial charge in [-0.3, -0.25) is 9.28 Å². The van der Waals surface area contributed by atoms with Crippen LogP contribution in [0.15, 0.2) is 0 Å². The number of carbonyl (C=O) groups is 2. The van der Waals surface area contributed by atoms with Crippen molar-refractivity contribution in [3.05, 3.63) is 0 Å². The van der Waals surface area contributed by atoms with Crippen LogP contribution in [0.2, 0.25) is 0 Å². The highest BCUT2D eigenvalue weighted by Crippen LogP contribution is 2.13. The van der Waals surface area contributed by atoms with Gasteiger partial charge in [0.25, 0.3) is 0 Å². The maximum absolute atomic E-state index is 12.7. The van der Waals surface area contributed by atoms with Crippen molar-refractivity contribution in [2.45, 2.75) is 72.1 Å². The normalized spacial score (nSPS) is 13.7. The molecule has 0 radical (unpaired) electrons. The number of hydrogen-bond donors (Lipinski definition) is 0. The van der Waals surface area contributed by atoms with Crippen molar-refractivity contribution >= 4 is 11.8 Å². The van der Waals surface area contributed by atoms with E-state index in [1.165, 1.54) is 0 Å². The Kier molecular flexibility index (Phi) is 11.2. The molecule has 0 aliphatic rings. The molecule has 0 rings (SSSR count). The minimum absolute atomic E-state index is 0.0326.